The zero-order valence-corrected chi connectivity index (χ0v) is 10.5. The SMILES string of the molecule is CCOC1(C(CC2CC2)NN)CCCCC1. The number of hydrazine groups is 1. The van der Waals surface area contributed by atoms with Crippen molar-refractivity contribution < 1.29 is 4.74 Å². The second-order valence-corrected chi connectivity index (χ2v) is 5.46. The molecule has 1 unspecified atom stereocenters. The van der Waals surface area contributed by atoms with Crippen molar-refractivity contribution in [3.63, 3.8) is 0 Å². The minimum absolute atomic E-state index is 0.0321. The molecule has 0 radical (unpaired) electrons. The molecule has 0 bridgehead atoms. The Bertz CT molecular complexity index is 204. The van der Waals surface area contributed by atoms with Crippen LogP contribution in [-0.2, 0) is 4.74 Å². The predicted octanol–water partition coefficient (Wildman–Crippen LogP) is 2.36. The van der Waals surface area contributed by atoms with Gasteiger partial charge in [-0.3, -0.25) is 11.3 Å². The average Bonchev–Trinajstić information content (AvgIpc) is 3.11. The zero-order chi connectivity index (χ0) is 11.4. The second kappa shape index (κ2) is 5.48. The molecule has 0 heterocycles. The van der Waals surface area contributed by atoms with Crippen LogP contribution in [0.5, 0.6) is 0 Å². The van der Waals surface area contributed by atoms with Crippen molar-refractivity contribution in [2.45, 2.75) is 69.9 Å². The van der Waals surface area contributed by atoms with Gasteiger partial charge in [-0.25, -0.2) is 0 Å². The molecular weight excluding hydrogens is 200 g/mol. The van der Waals surface area contributed by atoms with E-state index in [1.165, 1.54) is 51.4 Å². The maximum Gasteiger partial charge on any atom is 0.0848 e. The summed E-state index contributed by atoms with van der Waals surface area (Å²) in [4.78, 5) is 0. The van der Waals surface area contributed by atoms with Gasteiger partial charge >= 0.3 is 0 Å². The van der Waals surface area contributed by atoms with Gasteiger partial charge in [-0.05, 0) is 32.1 Å². The highest BCUT2D eigenvalue weighted by atomic mass is 16.5. The fourth-order valence-electron chi connectivity index (χ4n) is 3.15. The molecule has 2 fully saturated rings. The molecule has 3 heteroatoms. The summed E-state index contributed by atoms with van der Waals surface area (Å²) in [6.45, 7) is 2.91. The fourth-order valence-corrected chi connectivity index (χ4v) is 3.15. The van der Waals surface area contributed by atoms with Crippen LogP contribution in [0.15, 0.2) is 0 Å². The first-order valence-electron chi connectivity index (χ1n) is 6.91. The quantitative estimate of drug-likeness (QED) is 0.540. The van der Waals surface area contributed by atoms with E-state index in [9.17, 15) is 0 Å². The lowest BCUT2D eigenvalue weighted by Gasteiger charge is -2.43. The van der Waals surface area contributed by atoms with E-state index >= 15 is 0 Å². The Labute approximate surface area is 99.1 Å². The molecule has 94 valence electrons. The monoisotopic (exact) mass is 226 g/mol. The molecule has 0 aliphatic heterocycles. The van der Waals surface area contributed by atoms with Crippen LogP contribution in [-0.4, -0.2) is 18.2 Å². The van der Waals surface area contributed by atoms with Crippen molar-refractivity contribution >= 4 is 0 Å². The zero-order valence-electron chi connectivity index (χ0n) is 10.5. The standard InChI is InChI=1S/C13H26N2O/c1-2-16-13(8-4-3-5-9-13)12(15-14)10-11-6-7-11/h11-12,15H,2-10,14H2,1H3. The van der Waals surface area contributed by atoms with Crippen LogP contribution < -0.4 is 11.3 Å². The Hall–Kier alpha value is -0.120. The van der Waals surface area contributed by atoms with Crippen molar-refractivity contribution in [2.24, 2.45) is 11.8 Å². The average molecular weight is 226 g/mol. The molecule has 0 aromatic rings. The van der Waals surface area contributed by atoms with E-state index < -0.39 is 0 Å². The van der Waals surface area contributed by atoms with Crippen LogP contribution >= 0.6 is 0 Å². The van der Waals surface area contributed by atoms with Gasteiger partial charge in [0.15, 0.2) is 0 Å². The van der Waals surface area contributed by atoms with E-state index in [4.69, 9.17) is 10.6 Å². The van der Waals surface area contributed by atoms with Crippen molar-refractivity contribution in [1.82, 2.24) is 5.43 Å². The van der Waals surface area contributed by atoms with Crippen LogP contribution in [0, 0.1) is 5.92 Å². The largest absolute Gasteiger partial charge is 0.374 e. The summed E-state index contributed by atoms with van der Waals surface area (Å²) >= 11 is 0. The molecule has 0 amide bonds. The summed E-state index contributed by atoms with van der Waals surface area (Å²) in [6.07, 6.45) is 10.3. The maximum atomic E-state index is 6.11. The Morgan fingerprint density at radius 1 is 1.31 bits per heavy atom. The van der Waals surface area contributed by atoms with Crippen molar-refractivity contribution in [3.05, 3.63) is 0 Å². The van der Waals surface area contributed by atoms with Gasteiger partial charge in [-0.15, -0.1) is 0 Å². The van der Waals surface area contributed by atoms with Gasteiger partial charge in [0, 0.05) is 6.61 Å². The first-order chi connectivity index (χ1) is 7.80. The number of ether oxygens (including phenoxy) is 1. The lowest BCUT2D eigenvalue weighted by molar-refractivity contribution is -0.0925. The smallest absolute Gasteiger partial charge is 0.0848 e. The number of nitrogens with one attached hydrogen (secondary N) is 1. The van der Waals surface area contributed by atoms with E-state index in [0.717, 1.165) is 12.5 Å². The van der Waals surface area contributed by atoms with Crippen LogP contribution in [0.3, 0.4) is 0 Å². The molecule has 2 saturated carbocycles. The predicted molar refractivity (Wildman–Crippen MR) is 65.9 cm³/mol. The van der Waals surface area contributed by atoms with Crippen molar-refractivity contribution in [1.29, 1.82) is 0 Å². The van der Waals surface area contributed by atoms with Gasteiger partial charge in [0.05, 0.1) is 11.6 Å². The summed E-state index contributed by atoms with van der Waals surface area (Å²) in [7, 11) is 0. The van der Waals surface area contributed by atoms with Gasteiger partial charge in [-0.2, -0.15) is 0 Å². The Morgan fingerprint density at radius 3 is 2.50 bits per heavy atom. The highest BCUT2D eigenvalue weighted by Crippen LogP contribution is 2.41. The number of nitrogens with two attached hydrogens (primary N) is 1. The summed E-state index contributed by atoms with van der Waals surface area (Å²) in [5, 5.41) is 0. The van der Waals surface area contributed by atoms with Gasteiger partial charge in [0.1, 0.15) is 0 Å². The Kier molecular flexibility index (Phi) is 4.22. The summed E-state index contributed by atoms with van der Waals surface area (Å²) in [5.41, 5.74) is 3.08. The third-order valence-corrected chi connectivity index (χ3v) is 4.23. The van der Waals surface area contributed by atoms with E-state index in [-0.39, 0.29) is 5.60 Å². The number of hydrogen-bond acceptors (Lipinski definition) is 3. The van der Waals surface area contributed by atoms with Crippen molar-refractivity contribution in [2.75, 3.05) is 6.61 Å². The molecule has 0 aromatic carbocycles. The lowest BCUT2D eigenvalue weighted by Crippen LogP contribution is -2.56. The molecule has 0 saturated heterocycles. The fraction of sp³-hybridized carbons (Fsp3) is 1.00. The molecular formula is C13H26N2O. The Balaban J connectivity index is 2.00. The molecule has 3 nitrogen and oxygen atoms in total. The van der Waals surface area contributed by atoms with Crippen LogP contribution in [0.25, 0.3) is 0 Å². The van der Waals surface area contributed by atoms with E-state index in [2.05, 4.69) is 12.3 Å². The van der Waals surface area contributed by atoms with Crippen LogP contribution in [0.2, 0.25) is 0 Å². The van der Waals surface area contributed by atoms with Gasteiger partial charge in [0.2, 0.25) is 0 Å². The van der Waals surface area contributed by atoms with E-state index in [1.54, 1.807) is 0 Å². The third-order valence-electron chi connectivity index (χ3n) is 4.23. The Morgan fingerprint density at radius 2 is 2.00 bits per heavy atom. The van der Waals surface area contributed by atoms with E-state index in [0.29, 0.717) is 6.04 Å². The normalized spacial score (nSPS) is 26.6. The first kappa shape index (κ1) is 12.3. The minimum Gasteiger partial charge on any atom is -0.374 e. The van der Waals surface area contributed by atoms with E-state index in [1.807, 2.05) is 0 Å². The summed E-state index contributed by atoms with van der Waals surface area (Å²) < 4.78 is 6.11. The summed E-state index contributed by atoms with van der Waals surface area (Å²) in [5.74, 6) is 6.67. The molecule has 3 N–H and O–H groups in total. The summed E-state index contributed by atoms with van der Waals surface area (Å²) in [6, 6.07) is 0.361. The number of hydrogen-bond donors (Lipinski definition) is 2. The molecule has 2 rings (SSSR count). The van der Waals surface area contributed by atoms with Gasteiger partial charge in [-0.1, -0.05) is 32.1 Å². The highest BCUT2D eigenvalue weighted by Gasteiger charge is 2.42. The lowest BCUT2D eigenvalue weighted by atomic mass is 9.77. The van der Waals surface area contributed by atoms with Crippen molar-refractivity contribution in [3.8, 4) is 0 Å². The molecule has 16 heavy (non-hydrogen) atoms. The number of rotatable bonds is 6. The first-order valence-corrected chi connectivity index (χ1v) is 6.91. The topological polar surface area (TPSA) is 47.3 Å². The van der Waals surface area contributed by atoms with Crippen LogP contribution in [0.4, 0.5) is 0 Å². The third kappa shape index (κ3) is 2.76. The minimum atomic E-state index is 0.0321. The molecule has 2 aliphatic carbocycles. The van der Waals surface area contributed by atoms with Gasteiger partial charge < -0.3 is 4.74 Å². The molecule has 0 aromatic heterocycles. The molecule has 2 aliphatic rings. The molecule has 0 spiro atoms. The maximum absolute atomic E-state index is 6.11. The highest BCUT2D eigenvalue weighted by molar-refractivity contribution is 4.97. The second-order valence-electron chi connectivity index (χ2n) is 5.46. The van der Waals surface area contributed by atoms with Gasteiger partial charge in [0.25, 0.3) is 0 Å². The van der Waals surface area contributed by atoms with Crippen LogP contribution in [0.1, 0.15) is 58.3 Å². The molecule has 1 atom stereocenters.